The highest BCUT2D eigenvalue weighted by molar-refractivity contribution is 5.76. The van der Waals surface area contributed by atoms with Crippen molar-refractivity contribution in [3.63, 3.8) is 0 Å². The van der Waals surface area contributed by atoms with Crippen molar-refractivity contribution in [3.8, 4) is 0 Å². The zero-order valence-electron chi connectivity index (χ0n) is 9.18. The number of carbonyl (C=O) groups is 1. The second-order valence-corrected chi connectivity index (χ2v) is 3.66. The molecular weight excluding hydrogens is 206 g/mol. The van der Waals surface area contributed by atoms with E-state index in [-0.39, 0.29) is 12.0 Å². The molecule has 2 atom stereocenters. The van der Waals surface area contributed by atoms with E-state index in [4.69, 9.17) is 9.47 Å². The van der Waals surface area contributed by atoms with Gasteiger partial charge in [0.15, 0.2) is 6.10 Å². The SMILES string of the molecule is COC(=O)[C@H]1OCCN[C@H]1c1ccccc1. The van der Waals surface area contributed by atoms with Crippen LogP contribution < -0.4 is 5.32 Å². The van der Waals surface area contributed by atoms with E-state index in [0.717, 1.165) is 12.1 Å². The summed E-state index contributed by atoms with van der Waals surface area (Å²) < 4.78 is 10.2. The maximum Gasteiger partial charge on any atom is 0.336 e. The van der Waals surface area contributed by atoms with E-state index >= 15 is 0 Å². The van der Waals surface area contributed by atoms with Crippen LogP contribution in [0.3, 0.4) is 0 Å². The van der Waals surface area contributed by atoms with E-state index in [1.165, 1.54) is 7.11 Å². The first kappa shape index (κ1) is 11.1. The zero-order chi connectivity index (χ0) is 11.4. The molecule has 4 nitrogen and oxygen atoms in total. The lowest BCUT2D eigenvalue weighted by Crippen LogP contribution is -2.46. The number of methoxy groups -OCH3 is 1. The van der Waals surface area contributed by atoms with Crippen LogP contribution in [0.25, 0.3) is 0 Å². The Kier molecular flexibility index (Phi) is 3.54. The molecule has 1 N–H and O–H groups in total. The number of ether oxygens (including phenoxy) is 2. The third-order valence-corrected chi connectivity index (χ3v) is 2.66. The Hall–Kier alpha value is -1.39. The number of hydrogen-bond acceptors (Lipinski definition) is 4. The van der Waals surface area contributed by atoms with Gasteiger partial charge in [0.05, 0.1) is 19.8 Å². The monoisotopic (exact) mass is 221 g/mol. The van der Waals surface area contributed by atoms with Crippen molar-refractivity contribution in [2.75, 3.05) is 20.3 Å². The normalized spacial score (nSPS) is 25.1. The molecule has 1 aromatic carbocycles. The summed E-state index contributed by atoms with van der Waals surface area (Å²) in [6, 6.07) is 9.66. The van der Waals surface area contributed by atoms with Crippen molar-refractivity contribution in [2.24, 2.45) is 0 Å². The molecule has 0 unspecified atom stereocenters. The fraction of sp³-hybridized carbons (Fsp3) is 0.417. The second-order valence-electron chi connectivity index (χ2n) is 3.66. The van der Waals surface area contributed by atoms with Crippen LogP contribution >= 0.6 is 0 Å². The number of nitrogens with one attached hydrogen (secondary N) is 1. The number of hydrogen-bond donors (Lipinski definition) is 1. The Morgan fingerprint density at radius 1 is 1.44 bits per heavy atom. The van der Waals surface area contributed by atoms with E-state index < -0.39 is 6.10 Å². The minimum atomic E-state index is -0.554. The van der Waals surface area contributed by atoms with E-state index in [2.05, 4.69) is 5.32 Å². The topological polar surface area (TPSA) is 47.6 Å². The molecule has 1 heterocycles. The van der Waals surface area contributed by atoms with Crippen LogP contribution in [-0.4, -0.2) is 32.3 Å². The van der Waals surface area contributed by atoms with Gasteiger partial charge in [-0.2, -0.15) is 0 Å². The van der Waals surface area contributed by atoms with Crippen molar-refractivity contribution in [3.05, 3.63) is 35.9 Å². The zero-order valence-corrected chi connectivity index (χ0v) is 9.18. The highest BCUT2D eigenvalue weighted by atomic mass is 16.6. The van der Waals surface area contributed by atoms with Gasteiger partial charge in [-0.3, -0.25) is 0 Å². The van der Waals surface area contributed by atoms with Crippen LogP contribution in [0.15, 0.2) is 30.3 Å². The van der Waals surface area contributed by atoms with Gasteiger partial charge < -0.3 is 14.8 Å². The fourth-order valence-electron chi connectivity index (χ4n) is 1.88. The maximum atomic E-state index is 11.6. The molecule has 0 aromatic heterocycles. The lowest BCUT2D eigenvalue weighted by molar-refractivity contribution is -0.159. The number of rotatable bonds is 2. The first-order valence-electron chi connectivity index (χ1n) is 5.30. The molecule has 1 aliphatic rings. The summed E-state index contributed by atoms with van der Waals surface area (Å²) in [5, 5.41) is 3.27. The van der Waals surface area contributed by atoms with Crippen molar-refractivity contribution in [2.45, 2.75) is 12.1 Å². The van der Waals surface area contributed by atoms with Crippen LogP contribution in [0, 0.1) is 0 Å². The molecule has 1 saturated heterocycles. The van der Waals surface area contributed by atoms with Gasteiger partial charge in [0.2, 0.25) is 0 Å². The van der Waals surface area contributed by atoms with Gasteiger partial charge in [-0.05, 0) is 5.56 Å². The van der Waals surface area contributed by atoms with Gasteiger partial charge in [0, 0.05) is 6.54 Å². The van der Waals surface area contributed by atoms with Crippen LogP contribution in [0.5, 0.6) is 0 Å². The molecular formula is C12H15NO3. The van der Waals surface area contributed by atoms with Crippen molar-refractivity contribution < 1.29 is 14.3 Å². The van der Waals surface area contributed by atoms with E-state index in [1.54, 1.807) is 0 Å². The number of morpholine rings is 1. The predicted octanol–water partition coefficient (Wildman–Crippen LogP) is 0.889. The van der Waals surface area contributed by atoms with E-state index in [9.17, 15) is 4.79 Å². The minimum absolute atomic E-state index is 0.123. The fourth-order valence-corrected chi connectivity index (χ4v) is 1.88. The molecule has 0 aliphatic carbocycles. The van der Waals surface area contributed by atoms with Crippen LogP contribution in [0.2, 0.25) is 0 Å². The number of carbonyl (C=O) groups excluding carboxylic acids is 1. The van der Waals surface area contributed by atoms with E-state index in [1.807, 2.05) is 30.3 Å². The molecule has 0 spiro atoms. The highest BCUT2D eigenvalue weighted by Gasteiger charge is 2.33. The summed E-state index contributed by atoms with van der Waals surface area (Å²) in [5.74, 6) is -0.332. The smallest absolute Gasteiger partial charge is 0.336 e. The first-order valence-corrected chi connectivity index (χ1v) is 5.30. The molecule has 0 amide bonds. The minimum Gasteiger partial charge on any atom is -0.467 e. The van der Waals surface area contributed by atoms with Crippen molar-refractivity contribution in [1.82, 2.24) is 5.32 Å². The molecule has 1 aromatic rings. The molecule has 1 aliphatic heterocycles. The second kappa shape index (κ2) is 5.09. The lowest BCUT2D eigenvalue weighted by atomic mass is 10.0. The summed E-state index contributed by atoms with van der Waals surface area (Å²) in [7, 11) is 1.38. The Morgan fingerprint density at radius 3 is 2.88 bits per heavy atom. The molecule has 4 heteroatoms. The van der Waals surface area contributed by atoms with Gasteiger partial charge in [0.1, 0.15) is 0 Å². The molecule has 2 rings (SSSR count). The van der Waals surface area contributed by atoms with Gasteiger partial charge in [0.25, 0.3) is 0 Å². The van der Waals surface area contributed by atoms with Gasteiger partial charge in [-0.15, -0.1) is 0 Å². The van der Waals surface area contributed by atoms with Crippen molar-refractivity contribution >= 4 is 5.97 Å². The first-order chi connectivity index (χ1) is 7.83. The molecule has 16 heavy (non-hydrogen) atoms. The van der Waals surface area contributed by atoms with Crippen LogP contribution in [0.1, 0.15) is 11.6 Å². The average molecular weight is 221 g/mol. The third-order valence-electron chi connectivity index (χ3n) is 2.66. The number of esters is 1. The molecule has 86 valence electrons. The largest absolute Gasteiger partial charge is 0.467 e. The lowest BCUT2D eigenvalue weighted by Gasteiger charge is -2.31. The highest BCUT2D eigenvalue weighted by Crippen LogP contribution is 2.22. The predicted molar refractivity (Wildman–Crippen MR) is 58.9 cm³/mol. The summed E-state index contributed by atoms with van der Waals surface area (Å²) in [6.07, 6.45) is -0.554. The Bertz CT molecular complexity index is 353. The van der Waals surface area contributed by atoms with Crippen molar-refractivity contribution in [1.29, 1.82) is 0 Å². The standard InChI is InChI=1S/C12H15NO3/c1-15-12(14)11-10(13-7-8-16-11)9-5-3-2-4-6-9/h2-6,10-11,13H,7-8H2,1H3/t10-,11-/m0/s1. The molecule has 0 radical (unpaired) electrons. The summed E-state index contributed by atoms with van der Waals surface area (Å²) >= 11 is 0. The molecule has 1 fully saturated rings. The van der Waals surface area contributed by atoms with Crippen LogP contribution in [-0.2, 0) is 14.3 Å². The molecule has 0 saturated carbocycles. The Morgan fingerprint density at radius 2 is 2.19 bits per heavy atom. The summed E-state index contributed by atoms with van der Waals surface area (Å²) in [6.45, 7) is 1.27. The maximum absolute atomic E-state index is 11.6. The van der Waals surface area contributed by atoms with E-state index in [0.29, 0.717) is 6.61 Å². The quantitative estimate of drug-likeness (QED) is 0.753. The van der Waals surface area contributed by atoms with Crippen LogP contribution in [0.4, 0.5) is 0 Å². The average Bonchev–Trinajstić information content (AvgIpc) is 2.39. The summed E-state index contributed by atoms with van der Waals surface area (Å²) in [5.41, 5.74) is 1.04. The Labute approximate surface area is 94.6 Å². The van der Waals surface area contributed by atoms with Gasteiger partial charge in [-0.1, -0.05) is 30.3 Å². The number of benzene rings is 1. The molecule has 0 bridgehead atoms. The van der Waals surface area contributed by atoms with Gasteiger partial charge >= 0.3 is 5.97 Å². The Balaban J connectivity index is 2.20. The third kappa shape index (κ3) is 2.23. The van der Waals surface area contributed by atoms with Gasteiger partial charge in [-0.25, -0.2) is 4.79 Å². The summed E-state index contributed by atoms with van der Waals surface area (Å²) in [4.78, 5) is 11.6.